The average Bonchev–Trinajstić information content (AvgIpc) is 2.80. The van der Waals surface area contributed by atoms with E-state index in [0.29, 0.717) is 28.3 Å². The molecule has 1 aliphatic rings. The molecule has 3 rings (SSSR count). The van der Waals surface area contributed by atoms with Crippen LogP contribution in [0.1, 0.15) is 35.8 Å². The molecular formula is C24H26N2O6. The number of nitrogens with zero attached hydrogens (tertiary/aromatic N) is 1. The van der Waals surface area contributed by atoms with Gasteiger partial charge in [-0.25, -0.2) is 9.59 Å². The summed E-state index contributed by atoms with van der Waals surface area (Å²) in [4.78, 5) is 38.5. The van der Waals surface area contributed by atoms with Gasteiger partial charge in [-0.2, -0.15) is 0 Å². The number of hydrogen-bond acceptors (Lipinski definition) is 6. The second-order valence-corrected chi connectivity index (χ2v) is 7.13. The van der Waals surface area contributed by atoms with Gasteiger partial charge in [0.05, 0.1) is 31.0 Å². The van der Waals surface area contributed by atoms with E-state index < -0.39 is 12.0 Å². The van der Waals surface area contributed by atoms with Gasteiger partial charge in [0.15, 0.2) is 5.78 Å². The second-order valence-electron chi connectivity index (χ2n) is 7.13. The van der Waals surface area contributed by atoms with Crippen molar-refractivity contribution in [1.29, 1.82) is 0 Å². The average molecular weight is 438 g/mol. The van der Waals surface area contributed by atoms with Crippen LogP contribution in [0.3, 0.4) is 0 Å². The molecule has 1 aliphatic heterocycles. The number of carbonyl (C=O) groups excluding carboxylic acids is 3. The predicted octanol–water partition coefficient (Wildman–Crippen LogP) is 3.49. The third-order valence-corrected chi connectivity index (χ3v) is 5.16. The molecular weight excluding hydrogens is 412 g/mol. The molecule has 1 unspecified atom stereocenters. The van der Waals surface area contributed by atoms with E-state index in [4.69, 9.17) is 14.2 Å². The van der Waals surface area contributed by atoms with Crippen LogP contribution < -0.4 is 14.8 Å². The van der Waals surface area contributed by atoms with Gasteiger partial charge in [0.2, 0.25) is 0 Å². The zero-order chi connectivity index (χ0) is 23.3. The minimum atomic E-state index is -0.771. The van der Waals surface area contributed by atoms with Crippen LogP contribution in [0, 0.1) is 0 Å². The molecule has 1 atom stereocenters. The van der Waals surface area contributed by atoms with Crippen LogP contribution >= 0.6 is 0 Å². The smallest absolute Gasteiger partial charge is 0.338 e. The van der Waals surface area contributed by atoms with Crippen molar-refractivity contribution in [2.24, 2.45) is 0 Å². The Morgan fingerprint density at radius 3 is 2.41 bits per heavy atom. The zero-order valence-electron chi connectivity index (χ0n) is 18.5. The third kappa shape index (κ3) is 4.74. The molecule has 0 aliphatic carbocycles. The Bertz CT molecular complexity index is 1040. The van der Waals surface area contributed by atoms with E-state index in [1.807, 2.05) is 6.07 Å². The molecule has 2 amide bonds. The summed E-state index contributed by atoms with van der Waals surface area (Å²) in [7, 11) is 3.09. The largest absolute Gasteiger partial charge is 0.496 e. The van der Waals surface area contributed by atoms with Crippen molar-refractivity contribution in [3.63, 3.8) is 0 Å². The van der Waals surface area contributed by atoms with Crippen LogP contribution in [-0.2, 0) is 9.53 Å². The monoisotopic (exact) mass is 438 g/mol. The zero-order valence-corrected chi connectivity index (χ0v) is 18.5. The van der Waals surface area contributed by atoms with Gasteiger partial charge in [-0.3, -0.25) is 9.69 Å². The van der Waals surface area contributed by atoms with Crippen molar-refractivity contribution < 1.29 is 28.6 Å². The first kappa shape index (κ1) is 22.9. The normalized spacial score (nSPS) is 15.8. The summed E-state index contributed by atoms with van der Waals surface area (Å²) in [5.74, 6) is 0.427. The molecule has 8 heteroatoms. The lowest BCUT2D eigenvalue weighted by atomic mass is 9.94. The number of esters is 1. The van der Waals surface area contributed by atoms with Gasteiger partial charge in [-0.05, 0) is 44.2 Å². The van der Waals surface area contributed by atoms with Crippen LogP contribution in [0.15, 0.2) is 59.8 Å². The highest BCUT2D eigenvalue weighted by molar-refractivity contribution is 5.95. The quantitative estimate of drug-likeness (QED) is 0.501. The summed E-state index contributed by atoms with van der Waals surface area (Å²) >= 11 is 0. The fraction of sp³-hybridized carbons (Fsp3) is 0.292. The molecule has 0 bridgehead atoms. The molecule has 8 nitrogen and oxygen atoms in total. The van der Waals surface area contributed by atoms with Gasteiger partial charge in [0.1, 0.15) is 18.1 Å². The number of nitrogens with one attached hydrogen (secondary N) is 1. The van der Waals surface area contributed by atoms with Crippen molar-refractivity contribution in [2.75, 3.05) is 27.4 Å². The maximum Gasteiger partial charge on any atom is 0.338 e. The molecule has 0 radical (unpaired) electrons. The van der Waals surface area contributed by atoms with Crippen molar-refractivity contribution in [3.05, 3.63) is 70.9 Å². The number of ketones is 1. The Morgan fingerprint density at radius 1 is 1.09 bits per heavy atom. The first-order valence-electron chi connectivity index (χ1n) is 10.2. The first-order chi connectivity index (χ1) is 15.4. The Kier molecular flexibility index (Phi) is 7.14. The maximum atomic E-state index is 13.0. The summed E-state index contributed by atoms with van der Waals surface area (Å²) in [6, 6.07) is 12.7. The number of amides is 2. The summed E-state index contributed by atoms with van der Waals surface area (Å²) in [5.41, 5.74) is 1.83. The van der Waals surface area contributed by atoms with E-state index in [1.54, 1.807) is 56.4 Å². The standard InChI is InChI=1S/C24H26N2O6/c1-5-31-23(28)21-19(14-32-17-12-10-16(11-13-17)15(2)27)26(3)24(29)25-22(21)18-8-6-7-9-20(18)30-4/h6-13,22H,5,14H2,1-4H3,(H,25,29). The van der Waals surface area contributed by atoms with E-state index in [0.717, 1.165) is 0 Å². The number of para-hydroxylation sites is 1. The number of benzene rings is 2. The van der Waals surface area contributed by atoms with Crippen molar-refractivity contribution in [2.45, 2.75) is 19.9 Å². The van der Waals surface area contributed by atoms with E-state index in [1.165, 1.54) is 18.9 Å². The Hall–Kier alpha value is -3.81. The van der Waals surface area contributed by atoms with Crippen LogP contribution in [0.4, 0.5) is 4.79 Å². The lowest BCUT2D eigenvalue weighted by Gasteiger charge is -2.34. The number of carbonyl (C=O) groups is 3. The molecule has 0 fully saturated rings. The molecule has 0 saturated heterocycles. The van der Waals surface area contributed by atoms with Gasteiger partial charge < -0.3 is 19.5 Å². The predicted molar refractivity (Wildman–Crippen MR) is 118 cm³/mol. The fourth-order valence-electron chi connectivity index (χ4n) is 3.46. The molecule has 0 aromatic heterocycles. The lowest BCUT2D eigenvalue weighted by Crippen LogP contribution is -2.48. The summed E-state index contributed by atoms with van der Waals surface area (Å²) in [6.45, 7) is 3.33. The molecule has 1 N–H and O–H groups in total. The SMILES string of the molecule is CCOC(=O)C1=C(COc2ccc(C(C)=O)cc2)N(C)C(=O)NC1c1ccccc1OC. The van der Waals surface area contributed by atoms with Crippen molar-refractivity contribution in [3.8, 4) is 11.5 Å². The fourth-order valence-corrected chi connectivity index (χ4v) is 3.46. The van der Waals surface area contributed by atoms with Crippen LogP contribution in [0.5, 0.6) is 11.5 Å². The summed E-state index contributed by atoms with van der Waals surface area (Å²) < 4.78 is 16.6. The van der Waals surface area contributed by atoms with Gasteiger partial charge in [-0.15, -0.1) is 0 Å². The van der Waals surface area contributed by atoms with Gasteiger partial charge in [0.25, 0.3) is 0 Å². The van der Waals surface area contributed by atoms with E-state index in [2.05, 4.69) is 5.32 Å². The number of likely N-dealkylation sites (N-methyl/N-ethyl adjacent to an activating group) is 1. The van der Waals surface area contributed by atoms with Crippen LogP contribution in [0.25, 0.3) is 0 Å². The Balaban J connectivity index is 2.02. The second kappa shape index (κ2) is 10.00. The number of rotatable bonds is 8. The van der Waals surface area contributed by atoms with Gasteiger partial charge in [0, 0.05) is 18.2 Å². The third-order valence-electron chi connectivity index (χ3n) is 5.16. The highest BCUT2D eigenvalue weighted by Gasteiger charge is 2.38. The molecule has 0 saturated carbocycles. The Morgan fingerprint density at radius 2 is 1.78 bits per heavy atom. The highest BCUT2D eigenvalue weighted by Crippen LogP contribution is 2.35. The number of hydrogen-bond donors (Lipinski definition) is 1. The van der Waals surface area contributed by atoms with Crippen LogP contribution in [0.2, 0.25) is 0 Å². The summed E-state index contributed by atoms with van der Waals surface area (Å²) in [5, 5.41) is 2.85. The minimum absolute atomic E-state index is 0.0489. The molecule has 2 aromatic carbocycles. The number of Topliss-reactive ketones (excluding diaryl/α,β-unsaturated/α-hetero) is 1. The van der Waals surface area contributed by atoms with E-state index >= 15 is 0 Å². The number of ether oxygens (including phenoxy) is 3. The minimum Gasteiger partial charge on any atom is -0.496 e. The van der Waals surface area contributed by atoms with Gasteiger partial charge in [-0.1, -0.05) is 18.2 Å². The highest BCUT2D eigenvalue weighted by atomic mass is 16.5. The van der Waals surface area contributed by atoms with E-state index in [-0.39, 0.29) is 30.6 Å². The number of methoxy groups -OCH3 is 1. The molecule has 168 valence electrons. The topological polar surface area (TPSA) is 94.2 Å². The lowest BCUT2D eigenvalue weighted by molar-refractivity contribution is -0.139. The van der Waals surface area contributed by atoms with Crippen molar-refractivity contribution >= 4 is 17.8 Å². The first-order valence-corrected chi connectivity index (χ1v) is 10.2. The Labute approximate surface area is 186 Å². The molecule has 0 spiro atoms. The molecule has 2 aromatic rings. The van der Waals surface area contributed by atoms with E-state index in [9.17, 15) is 14.4 Å². The summed E-state index contributed by atoms with van der Waals surface area (Å²) in [6.07, 6.45) is 0. The van der Waals surface area contributed by atoms with Gasteiger partial charge >= 0.3 is 12.0 Å². The van der Waals surface area contributed by atoms with Crippen LogP contribution in [-0.4, -0.2) is 50.1 Å². The number of urea groups is 1. The molecule has 32 heavy (non-hydrogen) atoms. The maximum absolute atomic E-state index is 13.0. The van der Waals surface area contributed by atoms with Crippen molar-refractivity contribution in [1.82, 2.24) is 10.2 Å². The molecule has 1 heterocycles.